The third-order valence-electron chi connectivity index (χ3n) is 4.30. The van der Waals surface area contributed by atoms with Crippen LogP contribution in [0.1, 0.15) is 42.9 Å². The van der Waals surface area contributed by atoms with Crippen LogP contribution in [-0.4, -0.2) is 10.9 Å². The molecule has 1 fully saturated rings. The number of rotatable bonds is 5. The molecule has 1 aliphatic carbocycles. The fraction of sp³-hybridized carbons (Fsp3) is 0.333. The Hall–Kier alpha value is -2.30. The Morgan fingerprint density at radius 2 is 2.22 bits per heavy atom. The number of benzene rings is 1. The third-order valence-corrected chi connectivity index (χ3v) is 4.30. The number of pyridine rings is 1. The van der Waals surface area contributed by atoms with Gasteiger partial charge >= 0.3 is 0 Å². The van der Waals surface area contributed by atoms with Crippen LogP contribution in [0.5, 0.6) is 0 Å². The molecule has 0 aliphatic heterocycles. The number of nitrogens with one attached hydrogen (secondary N) is 1. The molecule has 3 unspecified atom stereocenters. The number of hydrogen-bond acceptors (Lipinski definition) is 2. The Balaban J connectivity index is 1.68. The number of aromatic nitrogens is 1. The summed E-state index contributed by atoms with van der Waals surface area (Å²) < 4.78 is 27.2. The van der Waals surface area contributed by atoms with Crippen molar-refractivity contribution in [3.05, 3.63) is 65.5 Å². The van der Waals surface area contributed by atoms with E-state index in [0.717, 1.165) is 30.2 Å². The van der Waals surface area contributed by atoms with Crippen LogP contribution in [0, 0.1) is 17.6 Å². The molecule has 1 amide bonds. The summed E-state index contributed by atoms with van der Waals surface area (Å²) in [5.74, 6) is -1.08. The minimum atomic E-state index is -0.520. The molecule has 1 aromatic carbocycles. The summed E-state index contributed by atoms with van der Waals surface area (Å²) in [6.45, 7) is 1.83. The van der Waals surface area contributed by atoms with Crippen LogP contribution in [0.4, 0.5) is 8.78 Å². The van der Waals surface area contributed by atoms with Crippen molar-refractivity contribution in [2.75, 3.05) is 0 Å². The summed E-state index contributed by atoms with van der Waals surface area (Å²) in [7, 11) is 0. The first-order valence-corrected chi connectivity index (χ1v) is 7.75. The van der Waals surface area contributed by atoms with Gasteiger partial charge in [0.2, 0.25) is 5.91 Å². The molecule has 1 N–H and O–H groups in total. The van der Waals surface area contributed by atoms with Gasteiger partial charge in [0.15, 0.2) is 0 Å². The van der Waals surface area contributed by atoms with Crippen molar-refractivity contribution in [3.63, 3.8) is 0 Å². The van der Waals surface area contributed by atoms with Gasteiger partial charge in [-0.3, -0.25) is 9.78 Å². The van der Waals surface area contributed by atoms with Crippen molar-refractivity contribution in [2.24, 2.45) is 5.92 Å². The topological polar surface area (TPSA) is 42.0 Å². The zero-order chi connectivity index (χ0) is 16.4. The van der Waals surface area contributed by atoms with E-state index in [-0.39, 0.29) is 23.3 Å². The van der Waals surface area contributed by atoms with Crippen LogP contribution in [0.25, 0.3) is 0 Å². The van der Waals surface area contributed by atoms with Crippen LogP contribution >= 0.6 is 0 Å². The largest absolute Gasteiger partial charge is 0.349 e. The highest BCUT2D eigenvalue weighted by Gasteiger charge is 2.44. The van der Waals surface area contributed by atoms with Crippen LogP contribution in [-0.2, 0) is 4.79 Å². The first-order valence-electron chi connectivity index (χ1n) is 7.75. The second-order valence-electron chi connectivity index (χ2n) is 5.87. The molecule has 3 nitrogen and oxygen atoms in total. The van der Waals surface area contributed by atoms with Gasteiger partial charge in [-0.15, -0.1) is 0 Å². The average Bonchev–Trinajstić information content (AvgIpc) is 3.36. The smallest absolute Gasteiger partial charge is 0.224 e. The quantitative estimate of drug-likeness (QED) is 0.913. The van der Waals surface area contributed by atoms with Crippen molar-refractivity contribution in [1.29, 1.82) is 0 Å². The van der Waals surface area contributed by atoms with Gasteiger partial charge in [-0.25, -0.2) is 8.78 Å². The molecule has 0 bridgehead atoms. The Bertz CT molecular complexity index is 705. The number of hydrogen-bond donors (Lipinski definition) is 1. The van der Waals surface area contributed by atoms with E-state index >= 15 is 0 Å². The van der Waals surface area contributed by atoms with Crippen molar-refractivity contribution in [1.82, 2.24) is 10.3 Å². The van der Waals surface area contributed by atoms with E-state index in [2.05, 4.69) is 10.3 Å². The van der Waals surface area contributed by atoms with E-state index in [0.29, 0.717) is 6.42 Å². The molecule has 2 aromatic rings. The maximum atomic E-state index is 13.9. The number of nitrogens with zero attached hydrogens (tertiary/aromatic N) is 1. The molecule has 0 spiro atoms. The molecular weight excluding hydrogens is 298 g/mol. The molecule has 0 radical (unpaired) electrons. The molecular formula is C18H18F2N2O. The summed E-state index contributed by atoms with van der Waals surface area (Å²) in [5, 5.41) is 2.85. The van der Waals surface area contributed by atoms with Crippen molar-refractivity contribution in [3.8, 4) is 0 Å². The average molecular weight is 316 g/mol. The maximum absolute atomic E-state index is 13.9. The maximum Gasteiger partial charge on any atom is 0.224 e. The predicted molar refractivity (Wildman–Crippen MR) is 82.6 cm³/mol. The fourth-order valence-corrected chi connectivity index (χ4v) is 2.91. The second-order valence-corrected chi connectivity index (χ2v) is 5.87. The van der Waals surface area contributed by atoms with Crippen molar-refractivity contribution < 1.29 is 13.6 Å². The highest BCUT2D eigenvalue weighted by Crippen LogP contribution is 2.47. The van der Waals surface area contributed by atoms with Crippen molar-refractivity contribution >= 4 is 5.91 Å². The van der Waals surface area contributed by atoms with Gasteiger partial charge in [0.05, 0.1) is 6.04 Å². The van der Waals surface area contributed by atoms with Gasteiger partial charge < -0.3 is 5.32 Å². The lowest BCUT2D eigenvalue weighted by Gasteiger charge is -2.18. The normalized spacial score (nSPS) is 20.8. The standard InChI is InChI=1S/C18H18F2N2O/c1-2-17(15-8-12(19)5-6-16(15)20)22-18(23)14-9-13(14)11-4-3-7-21-10-11/h3-8,10,13-14,17H,2,9H2,1H3,(H,22,23). The van der Waals surface area contributed by atoms with Crippen LogP contribution in [0.3, 0.4) is 0 Å². The van der Waals surface area contributed by atoms with Gasteiger partial charge in [-0.2, -0.15) is 0 Å². The molecule has 120 valence electrons. The van der Waals surface area contributed by atoms with Crippen LogP contribution < -0.4 is 5.32 Å². The Morgan fingerprint density at radius 3 is 2.91 bits per heavy atom. The minimum absolute atomic E-state index is 0.116. The van der Waals surface area contributed by atoms with Crippen LogP contribution in [0.2, 0.25) is 0 Å². The van der Waals surface area contributed by atoms with Gasteiger partial charge in [0.25, 0.3) is 0 Å². The molecule has 23 heavy (non-hydrogen) atoms. The zero-order valence-electron chi connectivity index (χ0n) is 12.8. The third kappa shape index (κ3) is 3.38. The SMILES string of the molecule is CCC(NC(=O)C1CC1c1cccnc1)c1cc(F)ccc1F. The van der Waals surface area contributed by atoms with E-state index in [1.165, 1.54) is 0 Å². The van der Waals surface area contributed by atoms with E-state index in [1.807, 2.05) is 19.1 Å². The van der Waals surface area contributed by atoms with E-state index in [4.69, 9.17) is 0 Å². The molecule has 0 saturated heterocycles. The van der Waals surface area contributed by atoms with Gasteiger partial charge in [-0.05, 0) is 48.6 Å². The van der Waals surface area contributed by atoms with Gasteiger partial charge in [0.1, 0.15) is 11.6 Å². The Morgan fingerprint density at radius 1 is 1.39 bits per heavy atom. The Kier molecular flexibility index (Phi) is 4.37. The molecule has 1 aliphatic rings. The summed E-state index contributed by atoms with van der Waals surface area (Å²) in [5.41, 5.74) is 1.23. The lowest BCUT2D eigenvalue weighted by molar-refractivity contribution is -0.123. The zero-order valence-corrected chi connectivity index (χ0v) is 12.8. The van der Waals surface area contributed by atoms with E-state index < -0.39 is 17.7 Å². The first kappa shape index (κ1) is 15.6. The summed E-state index contributed by atoms with van der Waals surface area (Å²) >= 11 is 0. The highest BCUT2D eigenvalue weighted by molar-refractivity contribution is 5.83. The first-order chi connectivity index (χ1) is 11.1. The van der Waals surface area contributed by atoms with E-state index in [9.17, 15) is 13.6 Å². The number of carbonyl (C=O) groups excluding carboxylic acids is 1. The molecule has 1 saturated carbocycles. The monoisotopic (exact) mass is 316 g/mol. The summed E-state index contributed by atoms with van der Waals surface area (Å²) in [4.78, 5) is 16.4. The predicted octanol–water partition coefficient (Wildman–Crippen LogP) is 3.73. The van der Waals surface area contributed by atoms with E-state index in [1.54, 1.807) is 12.4 Å². The molecule has 1 aromatic heterocycles. The highest BCUT2D eigenvalue weighted by atomic mass is 19.1. The molecule has 3 atom stereocenters. The lowest BCUT2D eigenvalue weighted by Crippen LogP contribution is -2.30. The summed E-state index contributed by atoms with van der Waals surface area (Å²) in [6.07, 6.45) is 4.72. The minimum Gasteiger partial charge on any atom is -0.349 e. The molecule has 1 heterocycles. The molecule has 3 rings (SSSR count). The lowest BCUT2D eigenvalue weighted by atomic mass is 10.0. The summed E-state index contributed by atoms with van der Waals surface area (Å²) in [6, 6.07) is 6.60. The second kappa shape index (κ2) is 6.44. The van der Waals surface area contributed by atoms with Gasteiger partial charge in [0, 0.05) is 23.9 Å². The number of halogens is 2. The number of carbonyl (C=O) groups is 1. The number of amides is 1. The van der Waals surface area contributed by atoms with Crippen molar-refractivity contribution in [2.45, 2.75) is 31.7 Å². The molecule has 5 heteroatoms. The van der Waals surface area contributed by atoms with Gasteiger partial charge in [-0.1, -0.05) is 13.0 Å². The fourth-order valence-electron chi connectivity index (χ4n) is 2.91. The van der Waals surface area contributed by atoms with Crippen LogP contribution in [0.15, 0.2) is 42.7 Å². The Labute approximate surface area is 133 Å².